The quantitative estimate of drug-likeness (QED) is 0.326. The molecule has 108 valence electrons. The van der Waals surface area contributed by atoms with E-state index in [-0.39, 0.29) is 0 Å². The standard InChI is InChI=1S/C22H14O/c1-4-10-18-15(7-1)13-16-8-2-5-11-19(16)22(18)21-14-17-9-3-6-12-20(17)23-21/h1-14H. The lowest BCUT2D eigenvalue weighted by atomic mass is 9.95. The molecule has 23 heavy (non-hydrogen) atoms. The van der Waals surface area contributed by atoms with E-state index < -0.39 is 0 Å². The molecule has 0 bridgehead atoms. The number of para-hydroxylation sites is 1. The Morgan fingerprint density at radius 1 is 0.522 bits per heavy atom. The summed E-state index contributed by atoms with van der Waals surface area (Å²) in [5.41, 5.74) is 2.11. The van der Waals surface area contributed by atoms with Gasteiger partial charge in [-0.1, -0.05) is 66.7 Å². The van der Waals surface area contributed by atoms with E-state index in [1.54, 1.807) is 0 Å². The average Bonchev–Trinajstić information content (AvgIpc) is 3.03. The van der Waals surface area contributed by atoms with Crippen molar-refractivity contribution in [3.8, 4) is 11.3 Å². The summed E-state index contributed by atoms with van der Waals surface area (Å²) in [5.74, 6) is 0.930. The van der Waals surface area contributed by atoms with Crippen molar-refractivity contribution >= 4 is 32.5 Å². The van der Waals surface area contributed by atoms with Crippen LogP contribution in [0.4, 0.5) is 0 Å². The minimum absolute atomic E-state index is 0.930. The van der Waals surface area contributed by atoms with Crippen molar-refractivity contribution < 1.29 is 4.42 Å². The zero-order valence-corrected chi connectivity index (χ0v) is 12.5. The van der Waals surface area contributed by atoms with Crippen molar-refractivity contribution in [2.45, 2.75) is 0 Å². The zero-order valence-electron chi connectivity index (χ0n) is 12.5. The van der Waals surface area contributed by atoms with E-state index in [4.69, 9.17) is 4.42 Å². The van der Waals surface area contributed by atoms with Crippen LogP contribution in [0.1, 0.15) is 0 Å². The zero-order chi connectivity index (χ0) is 15.2. The molecule has 0 radical (unpaired) electrons. The van der Waals surface area contributed by atoms with Gasteiger partial charge in [-0.3, -0.25) is 0 Å². The molecule has 0 aliphatic carbocycles. The topological polar surface area (TPSA) is 13.1 Å². The van der Waals surface area contributed by atoms with Gasteiger partial charge in [0.2, 0.25) is 0 Å². The van der Waals surface area contributed by atoms with E-state index in [2.05, 4.69) is 66.7 Å². The minimum Gasteiger partial charge on any atom is -0.456 e. The van der Waals surface area contributed by atoms with Crippen molar-refractivity contribution in [1.82, 2.24) is 0 Å². The highest BCUT2D eigenvalue weighted by atomic mass is 16.3. The van der Waals surface area contributed by atoms with Gasteiger partial charge in [0.15, 0.2) is 0 Å². The van der Waals surface area contributed by atoms with Gasteiger partial charge >= 0.3 is 0 Å². The predicted octanol–water partition coefficient (Wildman–Crippen LogP) is 6.41. The monoisotopic (exact) mass is 294 g/mol. The van der Waals surface area contributed by atoms with Gasteiger partial charge in [-0.2, -0.15) is 0 Å². The number of hydrogen-bond acceptors (Lipinski definition) is 1. The van der Waals surface area contributed by atoms with E-state index in [1.165, 1.54) is 27.1 Å². The highest BCUT2D eigenvalue weighted by molar-refractivity contribution is 6.12. The smallest absolute Gasteiger partial charge is 0.136 e. The summed E-state index contributed by atoms with van der Waals surface area (Å²) in [6.07, 6.45) is 0. The summed E-state index contributed by atoms with van der Waals surface area (Å²) in [6.45, 7) is 0. The van der Waals surface area contributed by atoms with Crippen LogP contribution in [-0.4, -0.2) is 0 Å². The van der Waals surface area contributed by atoms with Crippen LogP contribution in [0.25, 0.3) is 43.8 Å². The molecule has 0 aliphatic rings. The van der Waals surface area contributed by atoms with E-state index in [9.17, 15) is 0 Å². The number of fused-ring (bicyclic) bond motifs is 3. The van der Waals surface area contributed by atoms with Crippen LogP contribution in [0.5, 0.6) is 0 Å². The third-order valence-electron chi connectivity index (χ3n) is 4.44. The average molecular weight is 294 g/mol. The Morgan fingerprint density at radius 3 is 1.74 bits per heavy atom. The second-order valence-electron chi connectivity index (χ2n) is 5.84. The first kappa shape index (κ1) is 12.5. The van der Waals surface area contributed by atoms with Gasteiger partial charge in [0, 0.05) is 10.9 Å². The molecule has 0 aliphatic heterocycles. The van der Waals surface area contributed by atoms with Crippen molar-refractivity contribution in [3.05, 3.63) is 84.9 Å². The fourth-order valence-electron chi connectivity index (χ4n) is 3.38. The maximum absolute atomic E-state index is 6.17. The molecule has 0 saturated heterocycles. The summed E-state index contributed by atoms with van der Waals surface area (Å²) in [4.78, 5) is 0. The molecule has 1 heteroatoms. The summed E-state index contributed by atoms with van der Waals surface area (Å²) in [6, 6.07) is 29.6. The van der Waals surface area contributed by atoms with Crippen LogP contribution in [0, 0.1) is 0 Å². The van der Waals surface area contributed by atoms with Gasteiger partial charge in [-0.15, -0.1) is 0 Å². The lowest BCUT2D eigenvalue weighted by Crippen LogP contribution is -1.83. The summed E-state index contributed by atoms with van der Waals surface area (Å²) in [7, 11) is 0. The minimum atomic E-state index is 0.930. The van der Waals surface area contributed by atoms with Gasteiger partial charge in [-0.05, 0) is 39.7 Å². The molecule has 1 nitrogen and oxygen atoms in total. The Morgan fingerprint density at radius 2 is 1.09 bits per heavy atom. The Bertz CT molecular complexity index is 1080. The summed E-state index contributed by atoms with van der Waals surface area (Å²) >= 11 is 0. The van der Waals surface area contributed by atoms with Crippen LogP contribution in [0.2, 0.25) is 0 Å². The van der Waals surface area contributed by atoms with Gasteiger partial charge < -0.3 is 4.42 Å². The lowest BCUT2D eigenvalue weighted by Gasteiger charge is -2.09. The first-order valence-corrected chi connectivity index (χ1v) is 7.79. The number of rotatable bonds is 1. The number of hydrogen-bond donors (Lipinski definition) is 0. The van der Waals surface area contributed by atoms with Crippen LogP contribution >= 0.6 is 0 Å². The predicted molar refractivity (Wildman–Crippen MR) is 96.7 cm³/mol. The van der Waals surface area contributed by atoms with Crippen molar-refractivity contribution in [2.24, 2.45) is 0 Å². The molecule has 1 heterocycles. The number of benzene rings is 4. The van der Waals surface area contributed by atoms with E-state index in [1.807, 2.05) is 18.2 Å². The van der Waals surface area contributed by atoms with Gasteiger partial charge in [0.05, 0.1) is 0 Å². The molecule has 4 aromatic carbocycles. The highest BCUT2D eigenvalue weighted by Crippen LogP contribution is 2.38. The van der Waals surface area contributed by atoms with Gasteiger partial charge in [0.25, 0.3) is 0 Å². The molecule has 1 aromatic heterocycles. The molecular formula is C22H14O. The summed E-state index contributed by atoms with van der Waals surface area (Å²) in [5, 5.41) is 6.07. The lowest BCUT2D eigenvalue weighted by molar-refractivity contribution is 0.633. The van der Waals surface area contributed by atoms with Crippen LogP contribution < -0.4 is 0 Å². The molecule has 0 unspecified atom stereocenters. The molecule has 0 spiro atoms. The van der Waals surface area contributed by atoms with Crippen LogP contribution in [0.3, 0.4) is 0 Å². The Labute approximate surface area is 133 Å². The maximum atomic E-state index is 6.17. The Balaban J connectivity index is 1.97. The molecular weight excluding hydrogens is 280 g/mol. The normalized spacial score (nSPS) is 11.5. The van der Waals surface area contributed by atoms with E-state index in [0.29, 0.717) is 0 Å². The maximum Gasteiger partial charge on any atom is 0.136 e. The number of furan rings is 1. The molecule has 5 rings (SSSR count). The van der Waals surface area contributed by atoms with E-state index in [0.717, 1.165) is 16.7 Å². The molecule has 0 N–H and O–H groups in total. The molecule has 5 aromatic rings. The largest absolute Gasteiger partial charge is 0.456 e. The van der Waals surface area contributed by atoms with Crippen LogP contribution in [0.15, 0.2) is 89.3 Å². The fourth-order valence-corrected chi connectivity index (χ4v) is 3.38. The van der Waals surface area contributed by atoms with Crippen molar-refractivity contribution in [1.29, 1.82) is 0 Å². The molecule has 0 atom stereocenters. The van der Waals surface area contributed by atoms with Gasteiger partial charge in [-0.25, -0.2) is 0 Å². The molecule has 0 amide bonds. The highest BCUT2D eigenvalue weighted by Gasteiger charge is 2.13. The SMILES string of the molecule is c1ccc2oc(-c3c4ccccc4cc4ccccc34)cc2c1. The molecule has 0 fully saturated rings. The third-order valence-corrected chi connectivity index (χ3v) is 4.44. The first-order valence-electron chi connectivity index (χ1n) is 7.79. The second kappa shape index (κ2) is 4.72. The molecule has 0 saturated carbocycles. The van der Waals surface area contributed by atoms with Crippen LogP contribution in [-0.2, 0) is 0 Å². The second-order valence-corrected chi connectivity index (χ2v) is 5.84. The fraction of sp³-hybridized carbons (Fsp3) is 0. The van der Waals surface area contributed by atoms with E-state index >= 15 is 0 Å². The Kier molecular flexibility index (Phi) is 2.56. The van der Waals surface area contributed by atoms with Crippen molar-refractivity contribution in [2.75, 3.05) is 0 Å². The van der Waals surface area contributed by atoms with Gasteiger partial charge in [0.1, 0.15) is 11.3 Å². The first-order chi connectivity index (χ1) is 11.4. The third kappa shape index (κ3) is 1.87. The summed E-state index contributed by atoms with van der Waals surface area (Å²) < 4.78 is 6.17. The van der Waals surface area contributed by atoms with Crippen molar-refractivity contribution in [3.63, 3.8) is 0 Å². The Hall–Kier alpha value is -3.06.